The number of nitrogens with zero attached hydrogens (tertiary/aromatic N) is 1. The Morgan fingerprint density at radius 2 is 2.32 bits per heavy atom. The fraction of sp³-hybridized carbons (Fsp3) is 0.167. The van der Waals surface area contributed by atoms with Gasteiger partial charge in [0.2, 0.25) is 17.5 Å². The molecule has 2 rings (SSSR count). The van der Waals surface area contributed by atoms with E-state index in [-0.39, 0.29) is 24.1 Å². The van der Waals surface area contributed by atoms with Crippen LogP contribution in [0.15, 0.2) is 27.1 Å². The highest BCUT2D eigenvalue weighted by atomic mass is 79.9. The summed E-state index contributed by atoms with van der Waals surface area (Å²) in [5.74, 6) is -1.08. The van der Waals surface area contributed by atoms with Gasteiger partial charge in [-0.2, -0.15) is 4.98 Å². The molecule has 1 aromatic heterocycles. The lowest BCUT2D eigenvalue weighted by molar-refractivity contribution is 0.0521. The van der Waals surface area contributed by atoms with E-state index < -0.39 is 11.8 Å². The first kappa shape index (κ1) is 13.5. The van der Waals surface area contributed by atoms with Gasteiger partial charge in [0.1, 0.15) is 5.82 Å². The van der Waals surface area contributed by atoms with Gasteiger partial charge in [-0.1, -0.05) is 0 Å². The lowest BCUT2D eigenvalue weighted by atomic mass is 10.2. The standard InChI is InChI=1S/C12H10BrFN2O3/c1-2-18-12(17)9-10(15)19-11(16-9)7-4-3-6(14)5-8(7)13/h3-5H,2,15H2,1H3. The van der Waals surface area contributed by atoms with Crippen LogP contribution in [-0.2, 0) is 4.74 Å². The van der Waals surface area contributed by atoms with E-state index in [1.807, 2.05) is 0 Å². The van der Waals surface area contributed by atoms with Crippen molar-refractivity contribution in [2.45, 2.75) is 6.92 Å². The Bertz CT molecular complexity index is 627. The number of halogens is 2. The predicted octanol–water partition coefficient (Wildman–Crippen LogP) is 3.00. The zero-order valence-electron chi connectivity index (χ0n) is 9.94. The number of anilines is 1. The Morgan fingerprint density at radius 1 is 1.58 bits per heavy atom. The molecule has 7 heteroatoms. The van der Waals surface area contributed by atoms with Gasteiger partial charge in [-0.05, 0) is 41.1 Å². The molecule has 0 fully saturated rings. The van der Waals surface area contributed by atoms with Crippen molar-refractivity contribution in [2.75, 3.05) is 12.3 Å². The van der Waals surface area contributed by atoms with Crippen LogP contribution in [0, 0.1) is 5.82 Å². The number of oxazole rings is 1. The van der Waals surface area contributed by atoms with E-state index in [2.05, 4.69) is 20.9 Å². The van der Waals surface area contributed by atoms with Gasteiger partial charge in [0.15, 0.2) is 0 Å². The number of carbonyl (C=O) groups is 1. The lowest BCUT2D eigenvalue weighted by Gasteiger charge is -1.99. The smallest absolute Gasteiger partial charge is 0.362 e. The van der Waals surface area contributed by atoms with Gasteiger partial charge in [0.25, 0.3) is 0 Å². The Balaban J connectivity index is 2.42. The van der Waals surface area contributed by atoms with Gasteiger partial charge in [0.05, 0.1) is 12.2 Å². The second-order valence-corrected chi connectivity index (χ2v) is 4.43. The second kappa shape index (κ2) is 5.40. The van der Waals surface area contributed by atoms with Gasteiger partial charge < -0.3 is 14.9 Å². The molecule has 19 heavy (non-hydrogen) atoms. The van der Waals surface area contributed by atoms with Crippen LogP contribution in [0.25, 0.3) is 11.5 Å². The van der Waals surface area contributed by atoms with Gasteiger partial charge in [-0.3, -0.25) is 0 Å². The summed E-state index contributed by atoms with van der Waals surface area (Å²) in [6, 6.07) is 3.99. The summed E-state index contributed by atoms with van der Waals surface area (Å²) in [6.07, 6.45) is 0. The molecule has 0 saturated heterocycles. The van der Waals surface area contributed by atoms with Crippen molar-refractivity contribution < 1.29 is 18.3 Å². The molecule has 0 spiro atoms. The molecule has 0 amide bonds. The molecular formula is C12H10BrFN2O3. The number of hydrogen-bond acceptors (Lipinski definition) is 5. The number of hydrogen-bond donors (Lipinski definition) is 1. The van der Waals surface area contributed by atoms with Crippen molar-refractivity contribution >= 4 is 27.8 Å². The summed E-state index contributed by atoms with van der Waals surface area (Å²) in [7, 11) is 0. The third-order valence-corrected chi connectivity index (χ3v) is 2.94. The van der Waals surface area contributed by atoms with E-state index in [0.717, 1.165) is 0 Å². The summed E-state index contributed by atoms with van der Waals surface area (Å²) in [6.45, 7) is 1.88. The summed E-state index contributed by atoms with van der Waals surface area (Å²) >= 11 is 3.19. The van der Waals surface area contributed by atoms with Gasteiger partial charge in [-0.25, -0.2) is 9.18 Å². The zero-order valence-corrected chi connectivity index (χ0v) is 11.5. The average Bonchev–Trinajstić information content (AvgIpc) is 2.71. The molecule has 2 N–H and O–H groups in total. The number of ether oxygens (including phenoxy) is 1. The molecule has 1 aromatic carbocycles. The fourth-order valence-corrected chi connectivity index (χ4v) is 1.98. The molecule has 0 radical (unpaired) electrons. The quantitative estimate of drug-likeness (QED) is 0.876. The molecule has 1 heterocycles. The normalized spacial score (nSPS) is 10.5. The van der Waals surface area contributed by atoms with Crippen LogP contribution in [0.1, 0.15) is 17.4 Å². The van der Waals surface area contributed by atoms with Crippen molar-refractivity contribution in [1.82, 2.24) is 4.98 Å². The van der Waals surface area contributed by atoms with Crippen LogP contribution >= 0.6 is 15.9 Å². The summed E-state index contributed by atoms with van der Waals surface area (Å²) in [4.78, 5) is 15.5. The van der Waals surface area contributed by atoms with Crippen LogP contribution in [-0.4, -0.2) is 17.6 Å². The van der Waals surface area contributed by atoms with Crippen LogP contribution in [0.5, 0.6) is 0 Å². The molecule has 0 bridgehead atoms. The SMILES string of the molecule is CCOC(=O)c1nc(-c2ccc(F)cc2Br)oc1N. The number of aromatic nitrogens is 1. The maximum absolute atomic E-state index is 13.0. The number of rotatable bonds is 3. The maximum atomic E-state index is 13.0. The minimum atomic E-state index is -0.659. The molecule has 0 atom stereocenters. The van der Waals surface area contributed by atoms with Crippen LogP contribution in [0.3, 0.4) is 0 Å². The minimum absolute atomic E-state index is 0.0897. The first-order chi connectivity index (χ1) is 9.02. The van der Waals surface area contributed by atoms with Gasteiger partial charge >= 0.3 is 5.97 Å². The summed E-state index contributed by atoms with van der Waals surface area (Å²) in [5.41, 5.74) is 5.97. The molecule has 0 aliphatic rings. The summed E-state index contributed by atoms with van der Waals surface area (Å²) < 4.78 is 23.4. The van der Waals surface area contributed by atoms with Crippen molar-refractivity contribution in [2.24, 2.45) is 0 Å². The second-order valence-electron chi connectivity index (χ2n) is 3.58. The molecule has 0 aliphatic heterocycles. The molecule has 0 saturated carbocycles. The molecule has 2 aromatic rings. The third-order valence-electron chi connectivity index (χ3n) is 2.28. The minimum Gasteiger partial charge on any atom is -0.461 e. The third kappa shape index (κ3) is 2.76. The highest BCUT2D eigenvalue weighted by Gasteiger charge is 2.21. The summed E-state index contributed by atoms with van der Waals surface area (Å²) in [5, 5.41) is 0. The predicted molar refractivity (Wildman–Crippen MR) is 70.0 cm³/mol. The Morgan fingerprint density at radius 3 is 2.95 bits per heavy atom. The fourth-order valence-electron chi connectivity index (χ4n) is 1.46. The Hall–Kier alpha value is -1.89. The molecule has 100 valence electrons. The van der Waals surface area contributed by atoms with Crippen molar-refractivity contribution in [3.63, 3.8) is 0 Å². The first-order valence-corrected chi connectivity index (χ1v) is 6.21. The van der Waals surface area contributed by atoms with Gasteiger partial charge in [-0.15, -0.1) is 0 Å². The van der Waals surface area contributed by atoms with Gasteiger partial charge in [0, 0.05) is 4.47 Å². The van der Waals surface area contributed by atoms with Crippen molar-refractivity contribution in [3.05, 3.63) is 34.2 Å². The van der Waals surface area contributed by atoms with Crippen LogP contribution in [0.4, 0.5) is 10.3 Å². The first-order valence-electron chi connectivity index (χ1n) is 5.41. The largest absolute Gasteiger partial charge is 0.461 e. The van der Waals surface area contributed by atoms with E-state index >= 15 is 0 Å². The molecule has 5 nitrogen and oxygen atoms in total. The van der Waals surface area contributed by atoms with E-state index in [1.54, 1.807) is 6.92 Å². The van der Waals surface area contributed by atoms with E-state index in [9.17, 15) is 9.18 Å². The Labute approximate surface area is 116 Å². The molecular weight excluding hydrogens is 319 g/mol. The monoisotopic (exact) mass is 328 g/mol. The van der Waals surface area contributed by atoms with Crippen molar-refractivity contribution in [3.8, 4) is 11.5 Å². The molecule has 0 aliphatic carbocycles. The van der Waals surface area contributed by atoms with E-state index in [4.69, 9.17) is 14.9 Å². The lowest BCUT2D eigenvalue weighted by Crippen LogP contribution is -2.07. The molecule has 0 unspecified atom stereocenters. The number of nitrogens with two attached hydrogens (primary N) is 1. The number of esters is 1. The highest BCUT2D eigenvalue weighted by Crippen LogP contribution is 2.30. The van der Waals surface area contributed by atoms with Crippen LogP contribution in [0.2, 0.25) is 0 Å². The number of carbonyl (C=O) groups excluding carboxylic acids is 1. The average molecular weight is 329 g/mol. The Kier molecular flexibility index (Phi) is 3.84. The number of benzene rings is 1. The highest BCUT2D eigenvalue weighted by molar-refractivity contribution is 9.10. The topological polar surface area (TPSA) is 78.3 Å². The number of nitrogen functional groups attached to an aromatic ring is 1. The van der Waals surface area contributed by atoms with E-state index in [0.29, 0.717) is 10.0 Å². The van der Waals surface area contributed by atoms with Crippen LogP contribution < -0.4 is 5.73 Å². The zero-order chi connectivity index (χ0) is 14.0. The van der Waals surface area contributed by atoms with E-state index in [1.165, 1.54) is 18.2 Å². The van der Waals surface area contributed by atoms with Crippen molar-refractivity contribution in [1.29, 1.82) is 0 Å². The maximum Gasteiger partial charge on any atom is 0.362 e.